The predicted octanol–water partition coefficient (Wildman–Crippen LogP) is 3.97. The maximum atomic E-state index is 6.24. The molecule has 1 aromatic heterocycles. The number of hydrogen-bond donors (Lipinski definition) is 1. The number of hydrogen-bond acceptors (Lipinski definition) is 5. The third-order valence-corrected chi connectivity index (χ3v) is 3.88. The standard InChI is InChI=1S/C14H12ClN3OS/c1-19-12-5-3-2-4-9(12)8-16-13-10(15)6-7-11-14(13)18-20-17-11/h2-7,16H,8H2,1H3. The lowest BCUT2D eigenvalue weighted by molar-refractivity contribution is 0.410. The first-order chi connectivity index (χ1) is 9.79. The van der Waals surface area contributed by atoms with E-state index in [1.807, 2.05) is 36.4 Å². The van der Waals surface area contributed by atoms with Gasteiger partial charge in [0.1, 0.15) is 16.8 Å². The van der Waals surface area contributed by atoms with Crippen LogP contribution in [0.2, 0.25) is 5.02 Å². The Hall–Kier alpha value is -1.85. The van der Waals surface area contributed by atoms with Gasteiger partial charge in [-0.05, 0) is 18.2 Å². The molecule has 102 valence electrons. The molecule has 2 aromatic carbocycles. The molecule has 3 rings (SSSR count). The summed E-state index contributed by atoms with van der Waals surface area (Å²) in [7, 11) is 1.66. The Morgan fingerprint density at radius 3 is 2.90 bits per heavy atom. The molecule has 0 aliphatic carbocycles. The zero-order chi connectivity index (χ0) is 13.9. The van der Waals surface area contributed by atoms with Gasteiger partial charge >= 0.3 is 0 Å². The van der Waals surface area contributed by atoms with E-state index in [1.54, 1.807) is 7.11 Å². The van der Waals surface area contributed by atoms with Crippen molar-refractivity contribution in [3.8, 4) is 5.75 Å². The monoisotopic (exact) mass is 305 g/mol. The van der Waals surface area contributed by atoms with E-state index in [9.17, 15) is 0 Å². The second kappa shape index (κ2) is 5.64. The van der Waals surface area contributed by atoms with Crippen LogP contribution in [-0.2, 0) is 6.54 Å². The first kappa shape index (κ1) is 13.1. The van der Waals surface area contributed by atoms with Gasteiger partial charge in [-0.15, -0.1) is 0 Å². The van der Waals surface area contributed by atoms with E-state index in [0.29, 0.717) is 11.6 Å². The van der Waals surface area contributed by atoms with Crippen LogP contribution < -0.4 is 10.1 Å². The van der Waals surface area contributed by atoms with E-state index < -0.39 is 0 Å². The van der Waals surface area contributed by atoms with Gasteiger partial charge in [0.2, 0.25) is 0 Å². The number of nitrogens with zero attached hydrogens (tertiary/aromatic N) is 2. The van der Waals surface area contributed by atoms with Gasteiger partial charge in [-0.2, -0.15) is 8.75 Å². The molecule has 0 saturated carbocycles. The van der Waals surface area contributed by atoms with Crippen LogP contribution in [-0.4, -0.2) is 15.9 Å². The summed E-state index contributed by atoms with van der Waals surface area (Å²) in [5, 5.41) is 3.96. The third kappa shape index (κ3) is 2.42. The Labute approximate surface area is 125 Å². The fourth-order valence-electron chi connectivity index (χ4n) is 2.03. The zero-order valence-corrected chi connectivity index (χ0v) is 12.3. The molecule has 0 radical (unpaired) electrons. The second-order valence-corrected chi connectivity index (χ2v) is 5.16. The minimum Gasteiger partial charge on any atom is -0.496 e. The number of rotatable bonds is 4. The number of halogens is 1. The number of fused-ring (bicyclic) bond motifs is 1. The zero-order valence-electron chi connectivity index (χ0n) is 10.8. The predicted molar refractivity (Wildman–Crippen MR) is 82.7 cm³/mol. The van der Waals surface area contributed by atoms with Gasteiger partial charge < -0.3 is 10.1 Å². The lowest BCUT2D eigenvalue weighted by Gasteiger charge is -2.11. The second-order valence-electron chi connectivity index (χ2n) is 4.22. The molecular formula is C14H12ClN3OS. The largest absolute Gasteiger partial charge is 0.496 e. The number of para-hydroxylation sites is 1. The molecule has 6 heteroatoms. The Morgan fingerprint density at radius 2 is 2.05 bits per heavy atom. The van der Waals surface area contributed by atoms with E-state index in [2.05, 4.69) is 14.1 Å². The van der Waals surface area contributed by atoms with Gasteiger partial charge in [0.25, 0.3) is 0 Å². The summed E-state index contributed by atoms with van der Waals surface area (Å²) >= 11 is 7.42. The molecule has 3 aromatic rings. The Morgan fingerprint density at radius 1 is 1.20 bits per heavy atom. The Bertz CT molecular complexity index is 744. The summed E-state index contributed by atoms with van der Waals surface area (Å²) in [5.41, 5.74) is 3.52. The minimum atomic E-state index is 0.611. The van der Waals surface area contributed by atoms with Crippen molar-refractivity contribution >= 4 is 40.0 Å². The van der Waals surface area contributed by atoms with Gasteiger partial charge in [0.15, 0.2) is 0 Å². The highest BCUT2D eigenvalue weighted by Gasteiger charge is 2.10. The Kier molecular flexibility index (Phi) is 3.71. The van der Waals surface area contributed by atoms with Crippen LogP contribution in [0.25, 0.3) is 11.0 Å². The number of anilines is 1. The first-order valence-electron chi connectivity index (χ1n) is 6.06. The van der Waals surface area contributed by atoms with Gasteiger partial charge in [0, 0.05) is 12.1 Å². The number of nitrogens with one attached hydrogen (secondary N) is 1. The van der Waals surface area contributed by atoms with Gasteiger partial charge in [0.05, 0.1) is 29.5 Å². The topological polar surface area (TPSA) is 47.0 Å². The molecule has 0 aliphatic heterocycles. The summed E-state index contributed by atoms with van der Waals surface area (Å²) in [4.78, 5) is 0. The number of benzene rings is 2. The lowest BCUT2D eigenvalue weighted by atomic mass is 10.2. The van der Waals surface area contributed by atoms with Crippen molar-refractivity contribution in [1.82, 2.24) is 8.75 Å². The van der Waals surface area contributed by atoms with Gasteiger partial charge in [-0.25, -0.2) is 0 Å². The molecule has 0 aliphatic rings. The average molecular weight is 306 g/mol. The fourth-order valence-corrected chi connectivity index (χ4v) is 2.79. The highest BCUT2D eigenvalue weighted by molar-refractivity contribution is 7.00. The molecule has 0 fully saturated rings. The summed E-state index contributed by atoms with van der Waals surface area (Å²) in [6, 6.07) is 11.6. The molecule has 1 N–H and O–H groups in total. The van der Waals surface area contributed by atoms with Gasteiger partial charge in [-0.1, -0.05) is 29.8 Å². The summed E-state index contributed by atoms with van der Waals surface area (Å²) < 4.78 is 13.8. The summed E-state index contributed by atoms with van der Waals surface area (Å²) in [6.45, 7) is 0.611. The Balaban J connectivity index is 1.90. The highest BCUT2D eigenvalue weighted by Crippen LogP contribution is 2.31. The van der Waals surface area contributed by atoms with Crippen LogP contribution in [0.4, 0.5) is 5.69 Å². The molecule has 0 spiro atoms. The number of ether oxygens (including phenoxy) is 1. The normalized spacial score (nSPS) is 10.7. The van der Waals surface area contributed by atoms with E-state index in [4.69, 9.17) is 16.3 Å². The van der Waals surface area contributed by atoms with E-state index in [0.717, 1.165) is 28.0 Å². The molecule has 0 saturated heterocycles. The highest BCUT2D eigenvalue weighted by atomic mass is 35.5. The van der Waals surface area contributed by atoms with Gasteiger partial charge in [-0.3, -0.25) is 0 Å². The van der Waals surface area contributed by atoms with Crippen LogP contribution in [0.5, 0.6) is 5.75 Å². The maximum absolute atomic E-state index is 6.24. The number of aromatic nitrogens is 2. The van der Waals surface area contributed by atoms with Crippen LogP contribution in [0.1, 0.15) is 5.56 Å². The van der Waals surface area contributed by atoms with Crippen molar-refractivity contribution < 1.29 is 4.74 Å². The molecule has 0 atom stereocenters. The summed E-state index contributed by atoms with van der Waals surface area (Å²) in [5.74, 6) is 0.847. The first-order valence-corrected chi connectivity index (χ1v) is 7.17. The van der Waals surface area contributed by atoms with Crippen LogP contribution in [0.3, 0.4) is 0 Å². The molecular weight excluding hydrogens is 294 g/mol. The molecule has 4 nitrogen and oxygen atoms in total. The van der Waals surface area contributed by atoms with Crippen molar-refractivity contribution in [2.75, 3.05) is 12.4 Å². The van der Waals surface area contributed by atoms with Crippen molar-refractivity contribution in [1.29, 1.82) is 0 Å². The van der Waals surface area contributed by atoms with Crippen molar-refractivity contribution in [2.45, 2.75) is 6.54 Å². The van der Waals surface area contributed by atoms with E-state index >= 15 is 0 Å². The molecule has 20 heavy (non-hydrogen) atoms. The van der Waals surface area contributed by atoms with Crippen LogP contribution in [0, 0.1) is 0 Å². The van der Waals surface area contributed by atoms with Crippen molar-refractivity contribution in [3.63, 3.8) is 0 Å². The average Bonchev–Trinajstić information content (AvgIpc) is 2.95. The third-order valence-electron chi connectivity index (χ3n) is 3.03. The van der Waals surface area contributed by atoms with E-state index in [-0.39, 0.29) is 0 Å². The van der Waals surface area contributed by atoms with Crippen molar-refractivity contribution in [2.24, 2.45) is 0 Å². The lowest BCUT2D eigenvalue weighted by Crippen LogP contribution is -2.02. The SMILES string of the molecule is COc1ccccc1CNc1c(Cl)ccc2nsnc12. The van der Waals surface area contributed by atoms with Crippen LogP contribution >= 0.6 is 23.3 Å². The molecule has 1 heterocycles. The minimum absolute atomic E-state index is 0.611. The quantitative estimate of drug-likeness (QED) is 0.792. The fraction of sp³-hybridized carbons (Fsp3) is 0.143. The number of methoxy groups -OCH3 is 1. The summed E-state index contributed by atoms with van der Waals surface area (Å²) in [6.07, 6.45) is 0. The van der Waals surface area contributed by atoms with E-state index in [1.165, 1.54) is 11.7 Å². The molecule has 0 amide bonds. The van der Waals surface area contributed by atoms with Crippen LogP contribution in [0.15, 0.2) is 36.4 Å². The molecule has 0 bridgehead atoms. The maximum Gasteiger partial charge on any atom is 0.129 e. The van der Waals surface area contributed by atoms with Crippen molar-refractivity contribution in [3.05, 3.63) is 47.0 Å². The smallest absolute Gasteiger partial charge is 0.129 e. The molecule has 0 unspecified atom stereocenters.